The molecule has 1 saturated heterocycles. The van der Waals surface area contributed by atoms with E-state index in [0.29, 0.717) is 12.6 Å². The molecular weight excluding hydrogens is 228 g/mol. The minimum atomic E-state index is 0.401. The van der Waals surface area contributed by atoms with Gasteiger partial charge in [-0.25, -0.2) is 4.98 Å². The number of imidazole rings is 1. The summed E-state index contributed by atoms with van der Waals surface area (Å²) >= 11 is 0. The highest BCUT2D eigenvalue weighted by Gasteiger charge is 2.21. The molecule has 1 fully saturated rings. The van der Waals surface area contributed by atoms with E-state index in [1.165, 1.54) is 0 Å². The Balaban J connectivity index is 1.79. The third-order valence-corrected chi connectivity index (χ3v) is 3.46. The van der Waals surface area contributed by atoms with Crippen molar-refractivity contribution in [2.75, 3.05) is 31.1 Å². The Bertz CT molecular complexity index is 345. The van der Waals surface area contributed by atoms with Crippen molar-refractivity contribution in [3.8, 4) is 0 Å². The lowest BCUT2D eigenvalue weighted by Gasteiger charge is -2.32. The van der Waals surface area contributed by atoms with Crippen LogP contribution in [0.15, 0.2) is 12.4 Å². The van der Waals surface area contributed by atoms with E-state index >= 15 is 0 Å². The molecule has 2 rings (SSSR count). The molecule has 5 heteroatoms. The fraction of sp³-hybridized carbons (Fsp3) is 0.769. The SMILES string of the molecule is CCn1ccnc1N1CCC(OCCCN)CC1. The number of aromatic nitrogens is 2. The number of nitrogens with two attached hydrogens (primary N) is 1. The van der Waals surface area contributed by atoms with Gasteiger partial charge in [-0.3, -0.25) is 0 Å². The maximum absolute atomic E-state index is 5.81. The zero-order valence-electron chi connectivity index (χ0n) is 11.2. The summed E-state index contributed by atoms with van der Waals surface area (Å²) < 4.78 is 8.00. The highest BCUT2D eigenvalue weighted by Crippen LogP contribution is 2.20. The second-order valence-electron chi connectivity index (χ2n) is 4.71. The summed E-state index contributed by atoms with van der Waals surface area (Å²) in [6, 6.07) is 0. The van der Waals surface area contributed by atoms with Gasteiger partial charge in [0.2, 0.25) is 5.95 Å². The number of hydrogen-bond acceptors (Lipinski definition) is 4. The largest absolute Gasteiger partial charge is 0.378 e. The minimum Gasteiger partial charge on any atom is -0.378 e. The topological polar surface area (TPSA) is 56.3 Å². The van der Waals surface area contributed by atoms with E-state index in [2.05, 4.69) is 21.4 Å². The number of ether oxygens (including phenoxy) is 1. The summed E-state index contributed by atoms with van der Waals surface area (Å²) in [5.74, 6) is 1.10. The van der Waals surface area contributed by atoms with Crippen molar-refractivity contribution in [3.05, 3.63) is 12.4 Å². The standard InChI is InChI=1S/C13H24N4O/c1-2-16-10-7-15-13(16)17-8-4-12(5-9-17)18-11-3-6-14/h7,10,12H,2-6,8-9,11,14H2,1H3. The van der Waals surface area contributed by atoms with Crippen LogP contribution in [0.2, 0.25) is 0 Å². The Morgan fingerprint density at radius 3 is 2.89 bits per heavy atom. The zero-order valence-corrected chi connectivity index (χ0v) is 11.2. The number of piperidine rings is 1. The Morgan fingerprint density at radius 2 is 2.22 bits per heavy atom. The first-order valence-electron chi connectivity index (χ1n) is 6.93. The zero-order chi connectivity index (χ0) is 12.8. The molecule has 2 heterocycles. The van der Waals surface area contributed by atoms with Crippen LogP contribution in [-0.4, -0.2) is 41.9 Å². The number of rotatable bonds is 6. The van der Waals surface area contributed by atoms with Gasteiger partial charge in [-0.2, -0.15) is 0 Å². The molecule has 18 heavy (non-hydrogen) atoms. The van der Waals surface area contributed by atoms with Gasteiger partial charge in [0.15, 0.2) is 0 Å². The molecule has 1 aliphatic heterocycles. The molecule has 0 aliphatic carbocycles. The second-order valence-corrected chi connectivity index (χ2v) is 4.71. The molecule has 0 unspecified atom stereocenters. The first-order valence-corrected chi connectivity index (χ1v) is 6.93. The van der Waals surface area contributed by atoms with Crippen LogP contribution in [-0.2, 0) is 11.3 Å². The molecule has 0 amide bonds. The smallest absolute Gasteiger partial charge is 0.205 e. The maximum atomic E-state index is 5.81. The molecule has 5 nitrogen and oxygen atoms in total. The van der Waals surface area contributed by atoms with Crippen LogP contribution in [0.5, 0.6) is 0 Å². The van der Waals surface area contributed by atoms with Crippen LogP contribution in [0.25, 0.3) is 0 Å². The first-order chi connectivity index (χ1) is 8.85. The molecule has 1 aromatic heterocycles. The summed E-state index contributed by atoms with van der Waals surface area (Å²) in [6.07, 6.45) is 7.45. The van der Waals surface area contributed by atoms with E-state index in [9.17, 15) is 0 Å². The number of nitrogens with zero attached hydrogens (tertiary/aromatic N) is 3. The van der Waals surface area contributed by atoms with Crippen molar-refractivity contribution in [3.63, 3.8) is 0 Å². The van der Waals surface area contributed by atoms with Crippen LogP contribution >= 0.6 is 0 Å². The average Bonchev–Trinajstić information content (AvgIpc) is 2.88. The van der Waals surface area contributed by atoms with Crippen molar-refractivity contribution in [1.29, 1.82) is 0 Å². The van der Waals surface area contributed by atoms with E-state index < -0.39 is 0 Å². The third kappa shape index (κ3) is 3.23. The van der Waals surface area contributed by atoms with Gasteiger partial charge in [0.05, 0.1) is 6.10 Å². The third-order valence-electron chi connectivity index (χ3n) is 3.46. The van der Waals surface area contributed by atoms with Gasteiger partial charge < -0.3 is 19.9 Å². The molecule has 0 atom stereocenters. The highest BCUT2D eigenvalue weighted by molar-refractivity contribution is 5.31. The Morgan fingerprint density at radius 1 is 1.44 bits per heavy atom. The van der Waals surface area contributed by atoms with Crippen LogP contribution in [0.3, 0.4) is 0 Å². The fourth-order valence-electron chi connectivity index (χ4n) is 2.39. The van der Waals surface area contributed by atoms with E-state index in [4.69, 9.17) is 10.5 Å². The highest BCUT2D eigenvalue weighted by atomic mass is 16.5. The first kappa shape index (κ1) is 13.4. The van der Waals surface area contributed by atoms with Crippen molar-refractivity contribution in [1.82, 2.24) is 9.55 Å². The number of hydrogen-bond donors (Lipinski definition) is 1. The van der Waals surface area contributed by atoms with E-state index in [1.54, 1.807) is 0 Å². The lowest BCUT2D eigenvalue weighted by Crippen LogP contribution is -2.38. The minimum absolute atomic E-state index is 0.401. The monoisotopic (exact) mass is 252 g/mol. The van der Waals surface area contributed by atoms with Gasteiger partial charge in [0.25, 0.3) is 0 Å². The van der Waals surface area contributed by atoms with E-state index in [1.807, 2.05) is 12.4 Å². The van der Waals surface area contributed by atoms with Crippen LogP contribution in [0.1, 0.15) is 26.2 Å². The molecular formula is C13H24N4O. The molecule has 0 radical (unpaired) electrons. The van der Waals surface area contributed by atoms with Gasteiger partial charge in [0.1, 0.15) is 0 Å². The maximum Gasteiger partial charge on any atom is 0.205 e. The van der Waals surface area contributed by atoms with Crippen LogP contribution < -0.4 is 10.6 Å². The van der Waals surface area contributed by atoms with Gasteiger partial charge in [-0.15, -0.1) is 0 Å². The molecule has 1 aromatic rings. The van der Waals surface area contributed by atoms with Crippen molar-refractivity contribution >= 4 is 5.95 Å². The molecule has 0 saturated carbocycles. The van der Waals surface area contributed by atoms with Gasteiger partial charge in [-0.1, -0.05) is 0 Å². The molecule has 1 aliphatic rings. The quantitative estimate of drug-likeness (QED) is 0.774. The van der Waals surface area contributed by atoms with Crippen LogP contribution in [0.4, 0.5) is 5.95 Å². The lowest BCUT2D eigenvalue weighted by molar-refractivity contribution is 0.0364. The molecule has 2 N–H and O–H groups in total. The normalized spacial score (nSPS) is 17.3. The van der Waals surface area contributed by atoms with Gasteiger partial charge in [-0.05, 0) is 32.7 Å². The van der Waals surface area contributed by atoms with Gasteiger partial charge in [0, 0.05) is 38.6 Å². The Labute approximate surface area is 109 Å². The molecule has 102 valence electrons. The summed E-state index contributed by atoms with van der Waals surface area (Å²) in [4.78, 5) is 6.80. The predicted octanol–water partition coefficient (Wildman–Crippen LogP) is 1.24. The number of aryl methyl sites for hydroxylation is 1. The Hall–Kier alpha value is -1.07. The lowest BCUT2D eigenvalue weighted by atomic mass is 10.1. The molecule has 0 bridgehead atoms. The molecule has 0 spiro atoms. The second kappa shape index (κ2) is 6.75. The molecule has 0 aromatic carbocycles. The van der Waals surface area contributed by atoms with E-state index in [-0.39, 0.29) is 0 Å². The predicted molar refractivity (Wildman–Crippen MR) is 72.8 cm³/mol. The Kier molecular flexibility index (Phi) is 5.01. The number of anilines is 1. The van der Waals surface area contributed by atoms with Crippen molar-refractivity contribution in [2.24, 2.45) is 5.73 Å². The summed E-state index contributed by atoms with van der Waals surface area (Å²) in [7, 11) is 0. The van der Waals surface area contributed by atoms with Crippen molar-refractivity contribution in [2.45, 2.75) is 38.8 Å². The summed E-state index contributed by atoms with van der Waals surface area (Å²) in [5.41, 5.74) is 5.46. The summed E-state index contributed by atoms with van der Waals surface area (Å²) in [5, 5.41) is 0. The van der Waals surface area contributed by atoms with Crippen molar-refractivity contribution < 1.29 is 4.74 Å². The average molecular weight is 252 g/mol. The van der Waals surface area contributed by atoms with Crippen LogP contribution in [0, 0.1) is 0 Å². The fourth-order valence-corrected chi connectivity index (χ4v) is 2.39. The van der Waals surface area contributed by atoms with Gasteiger partial charge >= 0.3 is 0 Å². The summed E-state index contributed by atoms with van der Waals surface area (Å²) in [6.45, 7) is 6.70. The van der Waals surface area contributed by atoms with E-state index in [0.717, 1.165) is 51.5 Å².